The molecule has 5 heteroatoms. The van der Waals surface area contributed by atoms with E-state index in [1.54, 1.807) is 6.07 Å². The summed E-state index contributed by atoms with van der Waals surface area (Å²) >= 11 is -1.16. The third-order valence-corrected chi connectivity index (χ3v) is 6.44. The van der Waals surface area contributed by atoms with E-state index in [1.807, 2.05) is 31.5 Å². The van der Waals surface area contributed by atoms with Crippen molar-refractivity contribution in [2.75, 3.05) is 0 Å². The van der Waals surface area contributed by atoms with Gasteiger partial charge in [-0.1, -0.05) is 0 Å². The molecule has 1 aromatic carbocycles. The molecule has 0 aliphatic rings. The van der Waals surface area contributed by atoms with E-state index in [9.17, 15) is 4.79 Å². The molecule has 96 valence electrons. The average molecular weight is 455 g/mol. The topological polar surface area (TPSA) is 47.8 Å². The molecular weight excluding hydrogens is 443 g/mol. The van der Waals surface area contributed by atoms with Crippen LogP contribution in [0.2, 0.25) is 0 Å². The van der Waals surface area contributed by atoms with Crippen LogP contribution in [0, 0.1) is 6.92 Å². The SMILES string of the molecule is [CH2]=[Tl][n]1cnc2ccc(-c3ccc(C=O)nc3C)cc21. The molecule has 0 atom stereocenters. The molecule has 0 bridgehead atoms. The van der Waals surface area contributed by atoms with Crippen molar-refractivity contribution in [1.29, 1.82) is 0 Å². The summed E-state index contributed by atoms with van der Waals surface area (Å²) in [6.45, 7) is 1.92. The predicted octanol–water partition coefficient (Wildman–Crippen LogP) is 2.12. The van der Waals surface area contributed by atoms with Crippen LogP contribution in [-0.4, -0.2) is 46.7 Å². The van der Waals surface area contributed by atoms with E-state index >= 15 is 0 Å². The molecule has 0 spiro atoms. The Bertz CT molecular complexity index is 823. The average Bonchev–Trinajstić information content (AvgIpc) is 2.89. The summed E-state index contributed by atoms with van der Waals surface area (Å²) in [7, 11) is 0. The van der Waals surface area contributed by atoms with Crippen LogP contribution >= 0.6 is 0 Å². The van der Waals surface area contributed by atoms with Crippen LogP contribution in [0.15, 0.2) is 36.7 Å². The van der Waals surface area contributed by atoms with Crippen molar-refractivity contribution in [3.8, 4) is 11.1 Å². The third kappa shape index (κ3) is 2.24. The van der Waals surface area contributed by atoms with Crippen molar-refractivity contribution in [1.82, 2.24) is 12.3 Å². The molecule has 0 aliphatic heterocycles. The van der Waals surface area contributed by atoms with E-state index < -0.39 is 24.0 Å². The molecule has 3 aromatic rings. The van der Waals surface area contributed by atoms with E-state index in [1.165, 1.54) is 0 Å². The number of benzene rings is 1. The van der Waals surface area contributed by atoms with Crippen LogP contribution in [0.3, 0.4) is 0 Å². The first-order chi connectivity index (χ1) is 9.72. The molecule has 2 heterocycles. The fourth-order valence-electron chi connectivity index (χ4n) is 2.29. The van der Waals surface area contributed by atoms with Gasteiger partial charge in [-0.3, -0.25) is 0 Å². The molecule has 3 rings (SSSR count). The van der Waals surface area contributed by atoms with Crippen molar-refractivity contribution in [3.63, 3.8) is 0 Å². The summed E-state index contributed by atoms with van der Waals surface area (Å²) < 4.78 is 6.31. The van der Waals surface area contributed by atoms with E-state index in [0.717, 1.165) is 34.1 Å². The Morgan fingerprint density at radius 1 is 1.30 bits per heavy atom. The Hall–Kier alpha value is -1.70. The van der Waals surface area contributed by atoms with E-state index in [4.69, 9.17) is 0 Å². The minimum absolute atomic E-state index is 0.464. The number of hydrogen-bond acceptors (Lipinski definition) is 3. The Morgan fingerprint density at radius 2 is 2.15 bits per heavy atom. The van der Waals surface area contributed by atoms with Crippen LogP contribution in [0.25, 0.3) is 22.2 Å². The van der Waals surface area contributed by atoms with Crippen LogP contribution in [0.1, 0.15) is 16.2 Å². The van der Waals surface area contributed by atoms with Gasteiger partial charge < -0.3 is 0 Å². The zero-order valence-electron chi connectivity index (χ0n) is 11.1. The molecule has 0 amide bonds. The standard InChI is InChI=1S/C14H11N3O.CH2.Tl/c1-9-12(4-3-11(7-18)17-9)10-2-5-13-14(6-10)16-8-15-13;;/h2-8H,1H3,(H,15,16,18);1H2;/q;;+1/p-1. The van der Waals surface area contributed by atoms with Gasteiger partial charge in [0, 0.05) is 0 Å². The first-order valence-corrected chi connectivity index (χ1v) is 11.4. The van der Waals surface area contributed by atoms with Gasteiger partial charge in [-0.25, -0.2) is 0 Å². The molecule has 4 nitrogen and oxygen atoms in total. The number of aldehydes is 1. The van der Waals surface area contributed by atoms with Gasteiger partial charge in [-0.15, -0.1) is 0 Å². The van der Waals surface area contributed by atoms with Crippen molar-refractivity contribution < 1.29 is 4.79 Å². The van der Waals surface area contributed by atoms with Crippen LogP contribution in [0.5, 0.6) is 0 Å². The number of carbonyl (C=O) groups excluding carboxylic acids is 1. The summed E-state index contributed by atoms with van der Waals surface area (Å²) in [5, 5.41) is 0. The number of aromatic nitrogens is 3. The van der Waals surface area contributed by atoms with E-state index in [2.05, 4.69) is 22.5 Å². The molecule has 0 fully saturated rings. The van der Waals surface area contributed by atoms with Gasteiger partial charge in [-0.05, 0) is 0 Å². The molecule has 0 N–H and O–H groups in total. The molecule has 2 aromatic heterocycles. The van der Waals surface area contributed by atoms with Gasteiger partial charge in [-0.2, -0.15) is 0 Å². The van der Waals surface area contributed by atoms with Crippen LogP contribution in [-0.2, 0) is 0 Å². The van der Waals surface area contributed by atoms with Gasteiger partial charge >= 0.3 is 129 Å². The number of rotatable bonds is 3. The molecule has 0 unspecified atom stereocenters. The first-order valence-electron chi connectivity index (χ1n) is 6.25. The molecule has 20 heavy (non-hydrogen) atoms. The van der Waals surface area contributed by atoms with Crippen LogP contribution in [0.4, 0.5) is 0 Å². The Morgan fingerprint density at radius 3 is 2.85 bits per heavy atom. The maximum atomic E-state index is 10.8. The zero-order chi connectivity index (χ0) is 14.1. The van der Waals surface area contributed by atoms with Gasteiger partial charge in [0.15, 0.2) is 0 Å². The Balaban J connectivity index is 2.18. The normalized spacial score (nSPS) is 10.4. The molecule has 0 saturated carbocycles. The summed E-state index contributed by atoms with van der Waals surface area (Å²) in [6, 6.07) is 9.89. The number of fused-ring (bicyclic) bond motifs is 1. The fourth-order valence-corrected chi connectivity index (χ4v) is 4.48. The molecule has 0 saturated heterocycles. The van der Waals surface area contributed by atoms with Crippen molar-refractivity contribution in [2.24, 2.45) is 0 Å². The summed E-state index contributed by atoms with van der Waals surface area (Å²) in [4.78, 5) is 19.4. The number of aryl methyl sites for hydroxylation is 1. The first kappa shape index (κ1) is 13.3. The van der Waals surface area contributed by atoms with Gasteiger partial charge in [0.1, 0.15) is 0 Å². The summed E-state index contributed by atoms with van der Waals surface area (Å²) in [6.07, 6.45) is 2.66. The van der Waals surface area contributed by atoms with E-state index in [-0.39, 0.29) is 0 Å². The second-order valence-electron chi connectivity index (χ2n) is 4.52. The van der Waals surface area contributed by atoms with Crippen LogP contribution < -0.4 is 0 Å². The third-order valence-electron chi connectivity index (χ3n) is 3.31. The van der Waals surface area contributed by atoms with Gasteiger partial charge in [0.05, 0.1) is 0 Å². The van der Waals surface area contributed by atoms with Crippen molar-refractivity contribution in [2.45, 2.75) is 6.92 Å². The Labute approximate surface area is 128 Å². The number of pyridine rings is 1. The zero-order valence-corrected chi connectivity index (χ0v) is 15.6. The van der Waals surface area contributed by atoms with Gasteiger partial charge in [0.2, 0.25) is 0 Å². The predicted molar refractivity (Wildman–Crippen MR) is 81.4 cm³/mol. The minimum atomic E-state index is -1.16. The molecular formula is C15H12N3OTl. The van der Waals surface area contributed by atoms with E-state index in [0.29, 0.717) is 5.69 Å². The number of imidazole rings is 1. The number of hydrogen-bond donors (Lipinski definition) is 0. The van der Waals surface area contributed by atoms with Crippen molar-refractivity contribution in [3.05, 3.63) is 48.0 Å². The fraction of sp³-hybridized carbons (Fsp3) is 0.0667. The number of nitrogens with zero attached hydrogens (tertiary/aromatic N) is 3. The molecule has 0 aliphatic carbocycles. The number of carbonyl (C=O) groups is 1. The monoisotopic (exact) mass is 455 g/mol. The summed E-state index contributed by atoms with van der Waals surface area (Å²) in [5.41, 5.74) is 5.62. The maximum absolute atomic E-state index is 10.8. The summed E-state index contributed by atoms with van der Waals surface area (Å²) in [5.74, 6) is 0. The quantitative estimate of drug-likeness (QED) is 0.450. The second kappa shape index (κ2) is 5.36. The second-order valence-corrected chi connectivity index (χ2v) is 8.11. The van der Waals surface area contributed by atoms with Crippen molar-refractivity contribution >= 4 is 45.4 Å². The Kier molecular flexibility index (Phi) is 3.56. The van der Waals surface area contributed by atoms with Gasteiger partial charge in [0.25, 0.3) is 0 Å². The molecule has 0 radical (unpaired) electrons.